The molecule has 9 rings (SSSR count). The number of aromatic nitrogens is 2. The number of halogens is 1. The second-order valence-corrected chi connectivity index (χ2v) is 11.9. The van der Waals surface area contributed by atoms with Crippen LogP contribution in [0.1, 0.15) is 41.4 Å². The molecule has 4 amide bonds. The molecule has 1 aromatic heterocycles. The Kier molecular flexibility index (Phi) is 5.96. The van der Waals surface area contributed by atoms with E-state index >= 15 is 0 Å². The van der Waals surface area contributed by atoms with Gasteiger partial charge in [0.05, 0.1) is 27.9 Å². The van der Waals surface area contributed by atoms with Crippen molar-refractivity contribution in [3.05, 3.63) is 143 Å². The van der Waals surface area contributed by atoms with E-state index in [0.717, 1.165) is 26.4 Å². The van der Waals surface area contributed by atoms with Crippen LogP contribution < -0.4 is 9.80 Å². The first-order chi connectivity index (χ1) is 23.4. The first kappa shape index (κ1) is 27.8. The Morgan fingerprint density at radius 2 is 1.06 bits per heavy atom. The SMILES string of the molecule is O=C1c2ccc(-c3ccc4c(c3)C(=O)N(c3cccc5cc6ccccc6cc35)C4=O)cc2C(=O)N1c1nnc(-c2ccc(Cl)cc2)o1. The Morgan fingerprint density at radius 1 is 0.500 bits per heavy atom. The minimum atomic E-state index is -0.620. The first-order valence-corrected chi connectivity index (χ1v) is 15.3. The quantitative estimate of drug-likeness (QED) is 0.141. The molecule has 0 unspecified atom stereocenters. The van der Waals surface area contributed by atoms with Crippen LogP contribution in [-0.2, 0) is 0 Å². The van der Waals surface area contributed by atoms with Crippen LogP contribution in [-0.4, -0.2) is 33.8 Å². The van der Waals surface area contributed by atoms with Gasteiger partial charge >= 0.3 is 6.01 Å². The maximum absolute atomic E-state index is 13.9. The average molecular weight is 647 g/mol. The van der Waals surface area contributed by atoms with E-state index in [1.54, 1.807) is 66.7 Å². The van der Waals surface area contributed by atoms with Crippen molar-refractivity contribution in [2.45, 2.75) is 0 Å². The molecule has 3 heterocycles. The van der Waals surface area contributed by atoms with E-state index in [1.165, 1.54) is 4.90 Å². The molecule has 0 spiro atoms. The van der Waals surface area contributed by atoms with Crippen LogP contribution in [0.25, 0.3) is 44.1 Å². The summed E-state index contributed by atoms with van der Waals surface area (Å²) in [5.74, 6) is -1.94. The molecule has 2 aliphatic rings. The summed E-state index contributed by atoms with van der Waals surface area (Å²) in [6.07, 6.45) is 0. The number of hydrogen-bond donors (Lipinski definition) is 0. The zero-order valence-corrected chi connectivity index (χ0v) is 25.4. The molecule has 0 N–H and O–H groups in total. The topological polar surface area (TPSA) is 114 Å². The zero-order valence-electron chi connectivity index (χ0n) is 24.7. The van der Waals surface area contributed by atoms with Crippen LogP contribution in [0.15, 0.2) is 120 Å². The number of imide groups is 2. The van der Waals surface area contributed by atoms with Crippen molar-refractivity contribution in [1.29, 1.82) is 0 Å². The Labute approximate surface area is 276 Å². The number of amides is 4. The lowest BCUT2D eigenvalue weighted by molar-refractivity contribution is 0.0906. The Morgan fingerprint density at radius 3 is 1.75 bits per heavy atom. The Hall–Kier alpha value is -6.45. The van der Waals surface area contributed by atoms with Gasteiger partial charge in [0.15, 0.2) is 0 Å². The average Bonchev–Trinajstić information content (AvgIpc) is 3.76. The lowest BCUT2D eigenvalue weighted by Crippen LogP contribution is -2.29. The fraction of sp³-hybridized carbons (Fsp3) is 0. The van der Waals surface area contributed by atoms with Crippen molar-refractivity contribution in [3.8, 4) is 22.6 Å². The van der Waals surface area contributed by atoms with Crippen LogP contribution >= 0.6 is 11.6 Å². The van der Waals surface area contributed by atoms with Gasteiger partial charge < -0.3 is 4.42 Å². The molecule has 0 bridgehead atoms. The molecule has 0 atom stereocenters. The highest BCUT2D eigenvalue weighted by Crippen LogP contribution is 2.38. The summed E-state index contributed by atoms with van der Waals surface area (Å²) >= 11 is 5.96. The first-order valence-electron chi connectivity index (χ1n) is 14.9. The molecule has 228 valence electrons. The molecule has 0 radical (unpaired) electrons. The summed E-state index contributed by atoms with van der Waals surface area (Å²) in [6, 6.07) is 33.8. The van der Waals surface area contributed by atoms with Crippen LogP contribution in [0.2, 0.25) is 5.02 Å². The van der Waals surface area contributed by atoms with Crippen LogP contribution in [0.3, 0.4) is 0 Å². The monoisotopic (exact) mass is 646 g/mol. The van der Waals surface area contributed by atoms with Crippen molar-refractivity contribution < 1.29 is 23.6 Å². The third-order valence-electron chi connectivity index (χ3n) is 8.77. The second kappa shape index (κ2) is 10.3. The summed E-state index contributed by atoms with van der Waals surface area (Å²) in [5.41, 5.74) is 3.14. The summed E-state index contributed by atoms with van der Waals surface area (Å²) < 4.78 is 5.69. The van der Waals surface area contributed by atoms with E-state index in [0.29, 0.717) is 27.4 Å². The van der Waals surface area contributed by atoms with E-state index in [4.69, 9.17) is 16.0 Å². The standard InChI is InChI=1S/C38H19ClN4O5/c39-26-12-8-20(9-13-26)33-40-41-38(48-33)43-35(45)28-15-11-24(19-31(28)37(43)47)23-10-14-27-30(18-23)36(46)42(34(27)44)32-7-3-6-25-16-21-4-1-2-5-22(21)17-29(25)32/h1-19H. The normalized spacial score (nSPS) is 14.0. The van der Waals surface area contributed by atoms with Gasteiger partial charge in [-0.25, -0.2) is 4.90 Å². The molecule has 9 nitrogen and oxygen atoms in total. The van der Waals surface area contributed by atoms with E-state index in [9.17, 15) is 19.2 Å². The number of anilines is 2. The van der Waals surface area contributed by atoms with Crippen LogP contribution in [0, 0.1) is 0 Å². The molecule has 6 aromatic carbocycles. The summed E-state index contributed by atoms with van der Waals surface area (Å²) in [5, 5.41) is 12.2. The van der Waals surface area contributed by atoms with Gasteiger partial charge in [0.2, 0.25) is 5.89 Å². The van der Waals surface area contributed by atoms with Crippen LogP contribution in [0.5, 0.6) is 0 Å². The maximum atomic E-state index is 13.9. The molecule has 48 heavy (non-hydrogen) atoms. The maximum Gasteiger partial charge on any atom is 0.332 e. The highest BCUT2D eigenvalue weighted by Gasteiger charge is 2.41. The lowest BCUT2D eigenvalue weighted by Gasteiger charge is -2.17. The number of hydrogen-bond acceptors (Lipinski definition) is 7. The van der Waals surface area contributed by atoms with E-state index in [2.05, 4.69) is 10.2 Å². The minimum absolute atomic E-state index is 0.127. The number of carbonyl (C=O) groups is 4. The molecule has 0 saturated carbocycles. The van der Waals surface area contributed by atoms with Gasteiger partial charge in [0.1, 0.15) is 0 Å². The lowest BCUT2D eigenvalue weighted by atomic mass is 9.97. The Bertz CT molecular complexity index is 2580. The molecule has 10 heteroatoms. The van der Waals surface area contributed by atoms with Gasteiger partial charge in [-0.05, 0) is 94.0 Å². The van der Waals surface area contributed by atoms with Gasteiger partial charge in [-0.3, -0.25) is 19.2 Å². The van der Waals surface area contributed by atoms with Crippen molar-refractivity contribution in [3.63, 3.8) is 0 Å². The highest BCUT2D eigenvalue weighted by atomic mass is 35.5. The van der Waals surface area contributed by atoms with Crippen molar-refractivity contribution in [2.75, 3.05) is 9.80 Å². The van der Waals surface area contributed by atoms with E-state index in [1.807, 2.05) is 48.5 Å². The van der Waals surface area contributed by atoms with Crippen LogP contribution in [0.4, 0.5) is 11.7 Å². The second-order valence-electron chi connectivity index (χ2n) is 11.5. The van der Waals surface area contributed by atoms with E-state index < -0.39 is 23.6 Å². The molecular weight excluding hydrogens is 628 g/mol. The zero-order chi connectivity index (χ0) is 32.7. The van der Waals surface area contributed by atoms with Gasteiger partial charge in [0.25, 0.3) is 23.6 Å². The molecule has 0 aliphatic carbocycles. The van der Waals surface area contributed by atoms with E-state index in [-0.39, 0.29) is 34.2 Å². The third-order valence-corrected chi connectivity index (χ3v) is 9.02. The molecule has 2 aliphatic heterocycles. The van der Waals surface area contributed by atoms with Gasteiger partial charge in [0, 0.05) is 16.0 Å². The number of benzene rings is 6. The number of carbonyl (C=O) groups excluding carboxylic acids is 4. The number of nitrogens with zero attached hydrogens (tertiary/aromatic N) is 4. The predicted molar refractivity (Wildman–Crippen MR) is 180 cm³/mol. The predicted octanol–water partition coefficient (Wildman–Crippen LogP) is 7.96. The summed E-state index contributed by atoms with van der Waals surface area (Å²) in [6.45, 7) is 0. The molecule has 0 saturated heterocycles. The fourth-order valence-electron chi connectivity index (χ4n) is 6.39. The third kappa shape index (κ3) is 4.11. The van der Waals surface area contributed by atoms with Crippen molar-refractivity contribution >= 4 is 68.5 Å². The summed E-state index contributed by atoms with van der Waals surface area (Å²) in [4.78, 5) is 56.4. The Balaban J connectivity index is 1.04. The fourth-order valence-corrected chi connectivity index (χ4v) is 6.52. The minimum Gasteiger partial charge on any atom is -0.403 e. The van der Waals surface area contributed by atoms with Gasteiger partial charge in [-0.1, -0.05) is 65.2 Å². The molecule has 7 aromatic rings. The summed E-state index contributed by atoms with van der Waals surface area (Å²) in [7, 11) is 0. The van der Waals surface area contributed by atoms with Gasteiger partial charge in [-0.15, -0.1) is 5.10 Å². The number of rotatable bonds is 4. The highest BCUT2D eigenvalue weighted by molar-refractivity contribution is 6.37. The number of fused-ring (bicyclic) bond motifs is 4. The van der Waals surface area contributed by atoms with Gasteiger partial charge in [-0.2, -0.15) is 4.90 Å². The molecule has 0 fully saturated rings. The smallest absolute Gasteiger partial charge is 0.332 e. The van der Waals surface area contributed by atoms with Crippen molar-refractivity contribution in [2.24, 2.45) is 0 Å². The molecular formula is C38H19ClN4O5. The largest absolute Gasteiger partial charge is 0.403 e. The van der Waals surface area contributed by atoms with Crippen molar-refractivity contribution in [1.82, 2.24) is 10.2 Å².